The van der Waals surface area contributed by atoms with Crippen molar-refractivity contribution in [2.24, 2.45) is 0 Å². The van der Waals surface area contributed by atoms with E-state index in [-0.39, 0.29) is 24.3 Å². The molecule has 22 heavy (non-hydrogen) atoms. The van der Waals surface area contributed by atoms with Gasteiger partial charge in [-0.2, -0.15) is 0 Å². The first kappa shape index (κ1) is 15.3. The van der Waals surface area contributed by atoms with Crippen molar-refractivity contribution in [1.29, 1.82) is 0 Å². The summed E-state index contributed by atoms with van der Waals surface area (Å²) in [6.07, 6.45) is 4.81. The fraction of sp³-hybridized carbons (Fsp3) is 0.800. The van der Waals surface area contributed by atoms with Crippen LogP contribution in [0.4, 0.5) is 0 Å². The molecule has 0 aromatic rings. The van der Waals surface area contributed by atoms with Crippen molar-refractivity contribution in [3.8, 4) is 0 Å². The second-order valence-electron chi connectivity index (χ2n) is 6.51. The highest BCUT2D eigenvalue weighted by Gasteiger charge is 2.40. The highest BCUT2D eigenvalue weighted by atomic mass is 16.2. The molecule has 1 N–H and O–H groups in total. The van der Waals surface area contributed by atoms with E-state index in [9.17, 15) is 14.4 Å². The molecule has 122 valence electrons. The molecule has 3 fully saturated rings. The Morgan fingerprint density at radius 3 is 2.73 bits per heavy atom. The van der Waals surface area contributed by atoms with Crippen LogP contribution in [0.1, 0.15) is 25.7 Å². The Balaban J connectivity index is 1.57. The third-order valence-corrected chi connectivity index (χ3v) is 5.10. The standard InChI is InChI=1S/C15H24N4O3/c1-17(11-4-2-3-5-11)10-14(21)18-6-7-19-12(9-18)15(22)16-8-13(19)20/h11-12H,2-10H2,1H3,(H,16,22)/t12-/m1/s1. The Kier molecular flexibility index (Phi) is 4.33. The van der Waals surface area contributed by atoms with Gasteiger partial charge < -0.3 is 15.1 Å². The van der Waals surface area contributed by atoms with E-state index in [4.69, 9.17) is 0 Å². The monoisotopic (exact) mass is 308 g/mol. The van der Waals surface area contributed by atoms with Gasteiger partial charge in [-0.05, 0) is 19.9 Å². The fourth-order valence-electron chi connectivity index (χ4n) is 3.70. The van der Waals surface area contributed by atoms with Crippen molar-refractivity contribution in [2.45, 2.75) is 37.8 Å². The second kappa shape index (κ2) is 6.24. The number of carbonyl (C=O) groups excluding carboxylic acids is 3. The van der Waals surface area contributed by atoms with Gasteiger partial charge in [-0.1, -0.05) is 12.8 Å². The molecule has 0 aromatic carbocycles. The average Bonchev–Trinajstić information content (AvgIpc) is 3.05. The molecular formula is C15H24N4O3. The summed E-state index contributed by atoms with van der Waals surface area (Å²) in [5, 5.41) is 2.60. The zero-order valence-corrected chi connectivity index (χ0v) is 13.1. The van der Waals surface area contributed by atoms with E-state index in [1.807, 2.05) is 7.05 Å². The molecule has 2 aliphatic heterocycles. The zero-order valence-electron chi connectivity index (χ0n) is 13.1. The molecule has 1 aliphatic carbocycles. The first-order valence-electron chi connectivity index (χ1n) is 8.11. The maximum atomic E-state index is 12.5. The zero-order chi connectivity index (χ0) is 15.7. The van der Waals surface area contributed by atoms with Crippen LogP contribution in [0.25, 0.3) is 0 Å². The van der Waals surface area contributed by atoms with Crippen LogP contribution >= 0.6 is 0 Å². The predicted octanol–water partition coefficient (Wildman–Crippen LogP) is -0.970. The van der Waals surface area contributed by atoms with E-state index in [2.05, 4.69) is 10.2 Å². The number of carbonyl (C=O) groups is 3. The third-order valence-electron chi connectivity index (χ3n) is 5.10. The Morgan fingerprint density at radius 2 is 2.00 bits per heavy atom. The van der Waals surface area contributed by atoms with Crippen molar-refractivity contribution in [3.05, 3.63) is 0 Å². The molecular weight excluding hydrogens is 284 g/mol. The van der Waals surface area contributed by atoms with E-state index in [0.717, 1.165) is 12.8 Å². The van der Waals surface area contributed by atoms with Crippen LogP contribution < -0.4 is 5.32 Å². The minimum absolute atomic E-state index is 0.0554. The molecule has 3 aliphatic rings. The highest BCUT2D eigenvalue weighted by Crippen LogP contribution is 2.22. The Bertz CT molecular complexity index is 475. The van der Waals surface area contributed by atoms with Crippen LogP contribution in [-0.2, 0) is 14.4 Å². The number of hydrogen-bond acceptors (Lipinski definition) is 4. The molecule has 2 saturated heterocycles. The first-order valence-corrected chi connectivity index (χ1v) is 8.11. The Labute approximate surface area is 130 Å². The van der Waals surface area contributed by atoms with Crippen molar-refractivity contribution in [2.75, 3.05) is 39.8 Å². The lowest BCUT2D eigenvalue weighted by atomic mass is 10.1. The minimum atomic E-state index is -0.518. The van der Waals surface area contributed by atoms with Crippen LogP contribution in [0.15, 0.2) is 0 Å². The topological polar surface area (TPSA) is 73.0 Å². The van der Waals surface area contributed by atoms with Crippen molar-refractivity contribution >= 4 is 17.7 Å². The lowest BCUT2D eigenvalue weighted by Crippen LogP contribution is -2.67. The Hall–Kier alpha value is -1.63. The van der Waals surface area contributed by atoms with Crippen LogP contribution in [0.2, 0.25) is 0 Å². The molecule has 2 heterocycles. The summed E-state index contributed by atoms with van der Waals surface area (Å²) < 4.78 is 0. The lowest BCUT2D eigenvalue weighted by Gasteiger charge is -2.43. The average molecular weight is 308 g/mol. The van der Waals surface area contributed by atoms with Crippen molar-refractivity contribution in [1.82, 2.24) is 20.0 Å². The van der Waals surface area contributed by atoms with Crippen LogP contribution in [0.3, 0.4) is 0 Å². The van der Waals surface area contributed by atoms with Gasteiger partial charge in [-0.15, -0.1) is 0 Å². The molecule has 0 spiro atoms. The van der Waals surface area contributed by atoms with Crippen LogP contribution in [0.5, 0.6) is 0 Å². The third kappa shape index (κ3) is 2.95. The number of hydrogen-bond donors (Lipinski definition) is 1. The molecule has 0 radical (unpaired) electrons. The quantitative estimate of drug-likeness (QED) is 0.728. The van der Waals surface area contributed by atoms with Crippen molar-refractivity contribution in [3.63, 3.8) is 0 Å². The van der Waals surface area contributed by atoms with Gasteiger partial charge in [-0.25, -0.2) is 0 Å². The van der Waals surface area contributed by atoms with Gasteiger partial charge in [0.25, 0.3) is 0 Å². The normalized spacial score (nSPS) is 26.4. The highest BCUT2D eigenvalue weighted by molar-refractivity contribution is 5.95. The summed E-state index contributed by atoms with van der Waals surface area (Å²) in [5.41, 5.74) is 0. The van der Waals surface area contributed by atoms with E-state index < -0.39 is 6.04 Å². The number of nitrogens with one attached hydrogen (secondary N) is 1. The van der Waals surface area contributed by atoms with Crippen molar-refractivity contribution < 1.29 is 14.4 Å². The lowest BCUT2D eigenvalue weighted by molar-refractivity contribution is -0.152. The number of piperazine rings is 2. The van der Waals surface area contributed by atoms with Crippen LogP contribution in [0, 0.1) is 0 Å². The Morgan fingerprint density at radius 1 is 1.27 bits per heavy atom. The van der Waals surface area contributed by atoms with Crippen LogP contribution in [-0.4, -0.2) is 84.3 Å². The van der Waals surface area contributed by atoms with Gasteiger partial charge in [0, 0.05) is 19.1 Å². The largest absolute Gasteiger partial charge is 0.345 e. The number of nitrogens with zero attached hydrogens (tertiary/aromatic N) is 3. The van der Waals surface area contributed by atoms with E-state index in [0.29, 0.717) is 32.2 Å². The summed E-state index contributed by atoms with van der Waals surface area (Å²) in [7, 11) is 2.00. The minimum Gasteiger partial charge on any atom is -0.345 e. The predicted molar refractivity (Wildman–Crippen MR) is 80.0 cm³/mol. The summed E-state index contributed by atoms with van der Waals surface area (Å²) >= 11 is 0. The number of amides is 3. The smallest absolute Gasteiger partial charge is 0.245 e. The van der Waals surface area contributed by atoms with E-state index in [1.165, 1.54) is 12.8 Å². The number of fused-ring (bicyclic) bond motifs is 1. The van der Waals surface area contributed by atoms with Gasteiger partial charge in [0.15, 0.2) is 0 Å². The molecule has 1 atom stereocenters. The SMILES string of the molecule is CN(CC(=O)N1CCN2C(=O)CNC(=O)[C@H]2C1)C1CCCC1. The van der Waals surface area contributed by atoms with E-state index >= 15 is 0 Å². The molecule has 1 saturated carbocycles. The van der Waals surface area contributed by atoms with Gasteiger partial charge in [0.05, 0.1) is 19.6 Å². The molecule has 0 aromatic heterocycles. The van der Waals surface area contributed by atoms with Gasteiger partial charge >= 0.3 is 0 Å². The molecule has 0 bridgehead atoms. The summed E-state index contributed by atoms with van der Waals surface area (Å²) in [6, 6.07) is -0.0134. The number of likely N-dealkylation sites (N-methyl/N-ethyl adjacent to an activating group) is 1. The van der Waals surface area contributed by atoms with Gasteiger partial charge in [-0.3, -0.25) is 19.3 Å². The first-order chi connectivity index (χ1) is 10.6. The second-order valence-corrected chi connectivity index (χ2v) is 6.51. The maximum Gasteiger partial charge on any atom is 0.245 e. The molecule has 3 amide bonds. The summed E-state index contributed by atoms with van der Waals surface area (Å²) in [5.74, 6) is -0.152. The molecule has 0 unspecified atom stereocenters. The number of rotatable bonds is 3. The molecule has 7 heteroatoms. The maximum absolute atomic E-state index is 12.5. The summed E-state index contributed by atoms with van der Waals surface area (Å²) in [4.78, 5) is 41.7. The van der Waals surface area contributed by atoms with Gasteiger partial charge in [0.2, 0.25) is 17.7 Å². The van der Waals surface area contributed by atoms with Gasteiger partial charge in [0.1, 0.15) is 6.04 Å². The fourth-order valence-corrected chi connectivity index (χ4v) is 3.70. The van der Waals surface area contributed by atoms with E-state index in [1.54, 1.807) is 9.80 Å². The molecule has 3 rings (SSSR count). The summed E-state index contributed by atoms with van der Waals surface area (Å²) in [6.45, 7) is 1.76. The molecule has 7 nitrogen and oxygen atoms in total.